The van der Waals surface area contributed by atoms with Crippen LogP contribution in [-0.4, -0.2) is 102 Å². The molecule has 50 heavy (non-hydrogen) atoms. The number of rotatable bonds is 9. The Morgan fingerprint density at radius 2 is 1.76 bits per heavy atom. The van der Waals surface area contributed by atoms with E-state index in [4.69, 9.17) is 10.5 Å². The second-order valence-electron chi connectivity index (χ2n) is 13.0. The van der Waals surface area contributed by atoms with Crippen LogP contribution in [0.2, 0.25) is 0 Å². The normalized spacial score (nSPS) is 16.5. The highest BCUT2D eigenvalue weighted by atomic mass is 32.2. The number of carbonyl (C=O) groups excluding carboxylic acids is 2. The summed E-state index contributed by atoms with van der Waals surface area (Å²) in [5.41, 5.74) is 6.53. The first-order valence-electron chi connectivity index (χ1n) is 15.7. The molecule has 2 aromatic carbocycles. The van der Waals surface area contributed by atoms with Gasteiger partial charge in [-0.2, -0.15) is 9.40 Å². The zero-order chi connectivity index (χ0) is 36.1. The summed E-state index contributed by atoms with van der Waals surface area (Å²) in [6.07, 6.45) is 1.55. The summed E-state index contributed by atoms with van der Waals surface area (Å²) in [6, 6.07) is 9.12. The Balaban J connectivity index is 1.40. The summed E-state index contributed by atoms with van der Waals surface area (Å²) in [4.78, 5) is 42.9. The van der Waals surface area contributed by atoms with Crippen LogP contribution in [0.25, 0.3) is 5.69 Å². The molecule has 0 saturated carbocycles. The highest BCUT2D eigenvalue weighted by Gasteiger charge is 2.41. The van der Waals surface area contributed by atoms with Crippen LogP contribution in [0.5, 0.6) is 5.75 Å². The van der Waals surface area contributed by atoms with Gasteiger partial charge in [0.25, 0.3) is 5.91 Å². The van der Waals surface area contributed by atoms with E-state index < -0.39 is 39.0 Å². The molecule has 4 aromatic rings. The molecule has 0 unspecified atom stereocenters. The van der Waals surface area contributed by atoms with Crippen molar-refractivity contribution in [3.63, 3.8) is 0 Å². The van der Waals surface area contributed by atoms with Gasteiger partial charge in [-0.1, -0.05) is 13.8 Å². The number of sulfonamides is 1. The topological polar surface area (TPSA) is 196 Å². The number of aromatic amines is 1. The van der Waals surface area contributed by atoms with E-state index in [1.807, 2.05) is 11.9 Å². The fraction of sp³-hybridized carbons (Fsp3) is 0.333. The lowest BCUT2D eigenvalue weighted by Gasteiger charge is -2.37. The minimum atomic E-state index is -4.25. The van der Waals surface area contributed by atoms with Gasteiger partial charge in [-0.15, -0.1) is 0 Å². The maximum Gasteiger partial charge on any atom is 0.352 e. The second-order valence-corrected chi connectivity index (χ2v) is 14.9. The number of aromatic carboxylic acids is 1. The van der Waals surface area contributed by atoms with Crippen LogP contribution in [0.3, 0.4) is 0 Å². The van der Waals surface area contributed by atoms with E-state index in [0.29, 0.717) is 48.8 Å². The van der Waals surface area contributed by atoms with Crippen LogP contribution < -0.4 is 20.7 Å². The Morgan fingerprint density at radius 1 is 1.06 bits per heavy atom. The fourth-order valence-corrected chi connectivity index (χ4v) is 8.08. The van der Waals surface area contributed by atoms with E-state index in [9.17, 15) is 32.3 Å². The molecule has 6 rings (SSSR count). The van der Waals surface area contributed by atoms with Gasteiger partial charge in [-0.3, -0.25) is 14.7 Å². The lowest BCUT2D eigenvalue weighted by Crippen LogP contribution is -2.45. The molecule has 1 saturated heterocycles. The lowest BCUT2D eigenvalue weighted by molar-refractivity contribution is 0.0687. The standard InChI is InChI=1S/C33H37FN8O7S/c1-33(2)18-41(50(47,48)21-13-19(34)12-20(14-21)49-4)17-24-28(33)37-38-30(24)36-31(44)23-16-27(42-7-5-6-25(42)32(45)46)26(15-22(23)29(35)43)40-10-8-39(3)9-11-40/h5-7,12-16H,8-11,17-18H2,1-4H3,(H2,35,43)(H,45,46)(H2,36,37,38,44). The van der Waals surface area contributed by atoms with E-state index in [-0.39, 0.29) is 46.4 Å². The number of carboxylic acids is 1. The number of amides is 2. The first-order chi connectivity index (χ1) is 23.6. The number of nitrogens with one attached hydrogen (secondary N) is 2. The van der Waals surface area contributed by atoms with Crippen molar-refractivity contribution in [3.05, 3.63) is 82.6 Å². The Bertz CT molecular complexity index is 2120. The number of methoxy groups -OCH3 is 1. The average Bonchev–Trinajstić information content (AvgIpc) is 3.72. The molecule has 0 bridgehead atoms. The average molecular weight is 709 g/mol. The van der Waals surface area contributed by atoms with Gasteiger partial charge < -0.3 is 35.3 Å². The van der Waals surface area contributed by atoms with Crippen LogP contribution in [0, 0.1) is 5.82 Å². The van der Waals surface area contributed by atoms with Gasteiger partial charge in [0, 0.05) is 74.3 Å². The quantitative estimate of drug-likeness (QED) is 0.201. The Hall–Kier alpha value is -5.26. The third-order valence-corrected chi connectivity index (χ3v) is 10.9. The molecule has 0 radical (unpaired) electrons. The number of hydrogen-bond acceptors (Lipinski definition) is 9. The molecule has 2 aliphatic rings. The van der Waals surface area contributed by atoms with Crippen LogP contribution in [0.4, 0.5) is 15.9 Å². The first-order valence-corrected chi connectivity index (χ1v) is 17.1. The van der Waals surface area contributed by atoms with Gasteiger partial charge in [0.05, 0.1) is 34.5 Å². The molecule has 4 heterocycles. The zero-order valence-electron chi connectivity index (χ0n) is 27.9. The Kier molecular flexibility index (Phi) is 8.92. The molecule has 0 aliphatic carbocycles. The molecule has 2 aromatic heterocycles. The monoisotopic (exact) mass is 708 g/mol. The van der Waals surface area contributed by atoms with Crippen LogP contribution in [0.1, 0.15) is 56.3 Å². The third-order valence-electron chi connectivity index (χ3n) is 9.10. The number of primary amides is 1. The number of benzene rings is 2. The van der Waals surface area contributed by atoms with Crippen molar-refractivity contribution in [1.29, 1.82) is 0 Å². The number of carboxylic acid groups (broad SMARTS) is 1. The number of halogens is 1. The van der Waals surface area contributed by atoms with Gasteiger partial charge >= 0.3 is 5.97 Å². The van der Waals surface area contributed by atoms with Gasteiger partial charge in [0.2, 0.25) is 15.9 Å². The minimum absolute atomic E-state index is 0.0158. The number of H-pyrrole nitrogens is 1. The van der Waals surface area contributed by atoms with Gasteiger partial charge in [-0.05, 0) is 37.4 Å². The van der Waals surface area contributed by atoms with Gasteiger partial charge in [0.1, 0.15) is 17.3 Å². The molecule has 1 fully saturated rings. The van der Waals surface area contributed by atoms with E-state index in [1.54, 1.807) is 26.1 Å². The molecule has 2 amide bonds. The summed E-state index contributed by atoms with van der Waals surface area (Å²) >= 11 is 0. The zero-order valence-corrected chi connectivity index (χ0v) is 28.7. The van der Waals surface area contributed by atoms with Crippen molar-refractivity contribution in [2.75, 3.05) is 57.1 Å². The van der Waals surface area contributed by atoms with Crippen LogP contribution in [-0.2, 0) is 22.0 Å². The minimum Gasteiger partial charge on any atom is -0.497 e. The maximum absolute atomic E-state index is 14.3. The molecule has 2 aliphatic heterocycles. The molecule has 17 heteroatoms. The predicted octanol–water partition coefficient (Wildman–Crippen LogP) is 2.63. The SMILES string of the molecule is COc1cc(F)cc(S(=O)(=O)N2Cc3c(NC(=O)c4cc(-n5cccc5C(=O)O)c(N5CCN(C)CC5)cc4C(N)=O)n[nH]c3C(C)(C)C2)c1. The number of aromatic nitrogens is 3. The van der Waals surface area contributed by atoms with E-state index in [1.165, 1.54) is 40.2 Å². The number of likely N-dealkylation sites (N-methyl/N-ethyl adjacent to an activating group) is 1. The Morgan fingerprint density at radius 3 is 2.42 bits per heavy atom. The molecule has 15 nitrogen and oxygen atoms in total. The third kappa shape index (κ3) is 6.30. The van der Waals surface area contributed by atoms with Gasteiger partial charge in [0.15, 0.2) is 5.82 Å². The van der Waals surface area contributed by atoms with E-state index in [0.717, 1.165) is 12.1 Å². The summed E-state index contributed by atoms with van der Waals surface area (Å²) in [5, 5.41) is 19.9. The number of ether oxygens (including phenoxy) is 1. The number of nitrogens with zero attached hydrogens (tertiary/aromatic N) is 5. The van der Waals surface area contributed by atoms with Crippen molar-refractivity contribution in [3.8, 4) is 11.4 Å². The number of hydrogen-bond donors (Lipinski definition) is 4. The number of nitrogens with two attached hydrogens (primary N) is 1. The first kappa shape index (κ1) is 34.6. The van der Waals surface area contributed by atoms with Crippen molar-refractivity contribution >= 4 is 39.3 Å². The smallest absolute Gasteiger partial charge is 0.352 e. The summed E-state index contributed by atoms with van der Waals surface area (Å²) < 4.78 is 49.6. The molecular formula is C33H37FN8O7S. The van der Waals surface area contributed by atoms with E-state index in [2.05, 4.69) is 20.4 Å². The molecule has 5 N–H and O–H groups in total. The van der Waals surface area contributed by atoms with Crippen LogP contribution >= 0.6 is 0 Å². The van der Waals surface area contributed by atoms with Crippen molar-refractivity contribution in [2.24, 2.45) is 5.73 Å². The largest absolute Gasteiger partial charge is 0.497 e. The highest BCUT2D eigenvalue weighted by molar-refractivity contribution is 7.89. The summed E-state index contributed by atoms with van der Waals surface area (Å²) in [6.45, 7) is 5.98. The lowest BCUT2D eigenvalue weighted by atomic mass is 9.84. The second kappa shape index (κ2) is 12.9. The maximum atomic E-state index is 14.3. The van der Waals surface area contributed by atoms with E-state index >= 15 is 0 Å². The molecule has 264 valence electrons. The van der Waals surface area contributed by atoms with Crippen LogP contribution in [0.15, 0.2) is 53.6 Å². The summed E-state index contributed by atoms with van der Waals surface area (Å²) in [7, 11) is -0.959. The number of carbonyl (C=O) groups is 3. The summed E-state index contributed by atoms with van der Waals surface area (Å²) in [5.74, 6) is -3.58. The van der Waals surface area contributed by atoms with Crippen molar-refractivity contribution < 1.29 is 37.0 Å². The van der Waals surface area contributed by atoms with Crippen molar-refractivity contribution in [1.82, 2.24) is 24.0 Å². The number of fused-ring (bicyclic) bond motifs is 1. The molecule has 0 atom stereocenters. The van der Waals surface area contributed by atoms with Crippen molar-refractivity contribution in [2.45, 2.75) is 30.7 Å². The number of anilines is 2. The Labute approximate surface area is 287 Å². The molecular weight excluding hydrogens is 671 g/mol. The van der Waals surface area contributed by atoms with Gasteiger partial charge in [-0.25, -0.2) is 17.6 Å². The molecule has 0 spiro atoms. The number of piperazine rings is 1. The predicted molar refractivity (Wildman–Crippen MR) is 181 cm³/mol. The highest BCUT2D eigenvalue weighted by Crippen LogP contribution is 2.39. The fourth-order valence-electron chi connectivity index (χ4n) is 6.46.